The molecule has 1 rings (SSSR count). The molecule has 7 nitrogen and oxygen atoms in total. The Morgan fingerprint density at radius 2 is 1.78 bits per heavy atom. The van der Waals surface area contributed by atoms with E-state index in [1.807, 2.05) is 0 Å². The van der Waals surface area contributed by atoms with E-state index in [2.05, 4.69) is 0 Å². The molecule has 0 heterocycles. The first-order valence-electron chi connectivity index (χ1n) is 6.93. The highest BCUT2D eigenvalue weighted by Gasteiger charge is 2.16. The summed E-state index contributed by atoms with van der Waals surface area (Å²) in [7, 11) is 0.348. The van der Waals surface area contributed by atoms with Gasteiger partial charge in [0.2, 0.25) is 5.82 Å². The molecule has 23 heavy (non-hydrogen) atoms. The summed E-state index contributed by atoms with van der Waals surface area (Å²) in [5.41, 5.74) is 0.578. The van der Waals surface area contributed by atoms with Gasteiger partial charge in [-0.15, -0.1) is 0 Å². The maximum Gasteiger partial charge on any atom is 0.264 e. The molecule has 0 spiro atoms. The van der Waals surface area contributed by atoms with Gasteiger partial charge in [-0.05, 0) is 12.8 Å². The molecule has 0 aliphatic rings. The van der Waals surface area contributed by atoms with Crippen LogP contribution in [0.4, 0.5) is 10.1 Å². The van der Waals surface area contributed by atoms with Crippen LogP contribution in [0.15, 0.2) is 12.1 Å². The second-order valence-electron chi connectivity index (χ2n) is 5.13. The fourth-order valence-corrected chi connectivity index (χ4v) is 2.62. The molecule has 2 N–H and O–H groups in total. The number of hydrogen-bond acceptors (Lipinski definition) is 6. The molecule has 0 aliphatic carbocycles. The first-order valence-corrected chi connectivity index (χ1v) is 8.54. The van der Waals surface area contributed by atoms with Crippen LogP contribution in [0, 0.1) is 5.82 Å². The van der Waals surface area contributed by atoms with Crippen LogP contribution >= 0.6 is 0 Å². The lowest BCUT2D eigenvalue weighted by molar-refractivity contribution is 0.170. The van der Waals surface area contributed by atoms with E-state index in [4.69, 9.17) is 14.0 Å². The molecule has 1 aromatic rings. The number of rotatable bonds is 9. The Morgan fingerprint density at radius 3 is 2.22 bits per heavy atom. The van der Waals surface area contributed by atoms with E-state index in [9.17, 15) is 17.9 Å². The first-order chi connectivity index (χ1) is 10.7. The molecule has 9 heteroatoms. The van der Waals surface area contributed by atoms with Gasteiger partial charge in [0, 0.05) is 31.4 Å². The molecule has 0 aromatic heterocycles. The SMILES string of the molecule is COc1cc(N(C)CC(O)CCCS(=O)(=O)O)cc(OC)c1F. The van der Waals surface area contributed by atoms with Crippen molar-refractivity contribution < 1.29 is 31.9 Å². The van der Waals surface area contributed by atoms with Crippen molar-refractivity contribution >= 4 is 15.8 Å². The van der Waals surface area contributed by atoms with Crippen molar-refractivity contribution in [3.63, 3.8) is 0 Å². The molecule has 1 aromatic carbocycles. The summed E-state index contributed by atoms with van der Waals surface area (Å²) in [5, 5.41) is 9.93. The minimum Gasteiger partial charge on any atom is -0.493 e. The minimum atomic E-state index is -4.02. The van der Waals surface area contributed by atoms with Gasteiger partial charge in [-0.1, -0.05) is 0 Å². The summed E-state index contributed by atoms with van der Waals surface area (Å²) in [6, 6.07) is 2.95. The minimum absolute atomic E-state index is 0.0204. The summed E-state index contributed by atoms with van der Waals surface area (Å²) in [4.78, 5) is 1.67. The van der Waals surface area contributed by atoms with Crippen molar-refractivity contribution in [2.45, 2.75) is 18.9 Å². The molecule has 1 unspecified atom stereocenters. The van der Waals surface area contributed by atoms with Gasteiger partial charge in [0.25, 0.3) is 10.1 Å². The second-order valence-corrected chi connectivity index (χ2v) is 6.70. The number of hydrogen-bond donors (Lipinski definition) is 2. The molecule has 0 amide bonds. The average Bonchev–Trinajstić information content (AvgIpc) is 2.45. The van der Waals surface area contributed by atoms with Crippen LogP contribution in [-0.2, 0) is 10.1 Å². The zero-order chi connectivity index (χ0) is 17.6. The fraction of sp³-hybridized carbons (Fsp3) is 0.571. The summed E-state index contributed by atoms with van der Waals surface area (Å²) < 4.78 is 53.7. The number of likely N-dealkylation sites (N-methyl/N-ethyl adjacent to an activating group) is 1. The summed E-state index contributed by atoms with van der Waals surface area (Å²) >= 11 is 0. The maximum atomic E-state index is 13.9. The van der Waals surface area contributed by atoms with Crippen LogP contribution in [0.1, 0.15) is 12.8 Å². The largest absolute Gasteiger partial charge is 0.493 e. The topological polar surface area (TPSA) is 96.3 Å². The molecule has 0 aliphatic heterocycles. The Hall–Kier alpha value is -1.58. The number of ether oxygens (including phenoxy) is 2. The molecule has 0 bridgehead atoms. The van der Waals surface area contributed by atoms with Gasteiger partial charge in [0.05, 0.1) is 26.1 Å². The number of aliphatic hydroxyl groups excluding tert-OH is 1. The van der Waals surface area contributed by atoms with Crippen LogP contribution in [0.3, 0.4) is 0 Å². The van der Waals surface area contributed by atoms with Crippen molar-refractivity contribution in [3.8, 4) is 11.5 Å². The summed E-state index contributed by atoms with van der Waals surface area (Å²) in [6.07, 6.45) is -0.451. The lowest BCUT2D eigenvalue weighted by atomic mass is 10.2. The number of anilines is 1. The molecule has 0 radical (unpaired) electrons. The third-order valence-electron chi connectivity index (χ3n) is 3.30. The van der Waals surface area contributed by atoms with Gasteiger partial charge in [-0.25, -0.2) is 0 Å². The zero-order valence-corrected chi connectivity index (χ0v) is 14.1. The molecular formula is C14H22FNO6S. The number of benzene rings is 1. The van der Waals surface area contributed by atoms with Gasteiger partial charge in [-0.3, -0.25) is 4.55 Å². The van der Waals surface area contributed by atoms with Crippen LogP contribution in [0.5, 0.6) is 11.5 Å². The maximum absolute atomic E-state index is 13.9. The zero-order valence-electron chi connectivity index (χ0n) is 13.3. The summed E-state index contributed by atoms with van der Waals surface area (Å²) in [6.45, 7) is 0.198. The van der Waals surface area contributed by atoms with E-state index in [0.29, 0.717) is 5.69 Å². The molecule has 0 saturated heterocycles. The number of methoxy groups -OCH3 is 2. The third kappa shape index (κ3) is 6.20. The standard InChI is InChI=1S/C14H22FNO6S/c1-16(9-11(17)5-4-6-23(18,19)20)10-7-12(21-2)14(15)13(8-10)22-3/h7-8,11,17H,4-6,9H2,1-3H3,(H,18,19,20). The molecular weight excluding hydrogens is 329 g/mol. The van der Waals surface area contributed by atoms with Gasteiger partial charge in [-0.2, -0.15) is 12.8 Å². The van der Waals surface area contributed by atoms with Gasteiger partial charge in [0.1, 0.15) is 0 Å². The fourth-order valence-electron chi connectivity index (χ4n) is 2.09. The van der Waals surface area contributed by atoms with E-state index in [0.717, 1.165) is 0 Å². The highest BCUT2D eigenvalue weighted by Crippen LogP contribution is 2.32. The van der Waals surface area contributed by atoms with Crippen LogP contribution in [-0.4, -0.2) is 57.7 Å². The van der Waals surface area contributed by atoms with Crippen molar-refractivity contribution in [1.82, 2.24) is 0 Å². The Labute approximate surface area is 135 Å². The van der Waals surface area contributed by atoms with Crippen molar-refractivity contribution in [1.29, 1.82) is 0 Å². The van der Waals surface area contributed by atoms with E-state index in [1.54, 1.807) is 11.9 Å². The summed E-state index contributed by atoms with van der Waals surface area (Å²) in [5.74, 6) is -0.966. The third-order valence-corrected chi connectivity index (χ3v) is 4.10. The Bertz CT molecular complexity index is 597. The van der Waals surface area contributed by atoms with E-state index < -0.39 is 27.8 Å². The number of aliphatic hydroxyl groups is 1. The van der Waals surface area contributed by atoms with Gasteiger partial charge in [0.15, 0.2) is 11.5 Å². The second kappa shape index (κ2) is 8.32. The van der Waals surface area contributed by atoms with Crippen molar-refractivity contribution in [3.05, 3.63) is 17.9 Å². The monoisotopic (exact) mass is 351 g/mol. The Morgan fingerprint density at radius 1 is 1.26 bits per heavy atom. The lowest BCUT2D eigenvalue weighted by Crippen LogP contribution is -2.29. The molecule has 132 valence electrons. The van der Waals surface area contributed by atoms with Crippen LogP contribution in [0.2, 0.25) is 0 Å². The van der Waals surface area contributed by atoms with Crippen molar-refractivity contribution in [2.75, 3.05) is 38.5 Å². The van der Waals surface area contributed by atoms with E-state index in [1.165, 1.54) is 26.4 Å². The smallest absolute Gasteiger partial charge is 0.264 e. The highest BCUT2D eigenvalue weighted by atomic mass is 32.2. The van der Waals surface area contributed by atoms with E-state index >= 15 is 0 Å². The Balaban J connectivity index is 2.72. The van der Waals surface area contributed by atoms with Crippen LogP contribution < -0.4 is 14.4 Å². The highest BCUT2D eigenvalue weighted by molar-refractivity contribution is 7.85. The van der Waals surface area contributed by atoms with Gasteiger partial charge < -0.3 is 19.5 Å². The van der Waals surface area contributed by atoms with E-state index in [-0.39, 0.29) is 30.9 Å². The predicted molar refractivity (Wildman–Crippen MR) is 84.4 cm³/mol. The quantitative estimate of drug-likeness (QED) is 0.648. The Kier molecular flexibility index (Phi) is 7.04. The van der Waals surface area contributed by atoms with Gasteiger partial charge >= 0.3 is 0 Å². The average molecular weight is 351 g/mol. The molecule has 0 fully saturated rings. The normalized spacial score (nSPS) is 12.8. The predicted octanol–water partition coefficient (Wildman–Crippen LogP) is 1.31. The molecule has 1 atom stereocenters. The lowest BCUT2D eigenvalue weighted by Gasteiger charge is -2.24. The number of halogens is 1. The first kappa shape index (κ1) is 19.5. The number of nitrogens with zero attached hydrogens (tertiary/aromatic N) is 1. The van der Waals surface area contributed by atoms with Crippen LogP contribution in [0.25, 0.3) is 0 Å². The van der Waals surface area contributed by atoms with Crippen molar-refractivity contribution in [2.24, 2.45) is 0 Å². The molecule has 0 saturated carbocycles.